The third-order valence-electron chi connectivity index (χ3n) is 8.41. The van der Waals surface area contributed by atoms with Crippen molar-refractivity contribution in [2.75, 3.05) is 26.3 Å². The van der Waals surface area contributed by atoms with Gasteiger partial charge in [-0.1, -0.05) is 50.4 Å². The molecule has 34 heavy (non-hydrogen) atoms. The molecule has 3 heterocycles. The molecule has 0 bridgehead atoms. The molecule has 2 aliphatic carbocycles. The van der Waals surface area contributed by atoms with Gasteiger partial charge in [0.2, 0.25) is 0 Å². The normalized spacial score (nSPS) is 35.4. The maximum atomic E-state index is 12.9. The van der Waals surface area contributed by atoms with Gasteiger partial charge < -0.3 is 20.1 Å². The van der Waals surface area contributed by atoms with Gasteiger partial charge in [0.25, 0.3) is 0 Å². The van der Waals surface area contributed by atoms with Crippen molar-refractivity contribution in [3.8, 4) is 0 Å². The van der Waals surface area contributed by atoms with Gasteiger partial charge in [-0.05, 0) is 68.7 Å². The number of rotatable bonds is 8. The number of nitroso groups, excluding NO2 is 1. The topological polar surface area (TPSA) is 86.2 Å². The maximum absolute atomic E-state index is 12.9. The third kappa shape index (κ3) is 3.59. The average molecular weight is 690 g/mol. The number of aliphatic hydroxyl groups excluding tert-OH is 1. The van der Waals surface area contributed by atoms with Crippen LogP contribution in [-0.4, -0.2) is 55.1 Å². The lowest BCUT2D eigenvalue weighted by Crippen LogP contribution is -2.74. The Labute approximate surface area is 216 Å². The van der Waals surface area contributed by atoms with Crippen LogP contribution < -0.4 is 10.6 Å². The zero-order valence-electron chi connectivity index (χ0n) is 19.2. The van der Waals surface area contributed by atoms with Crippen LogP contribution in [0.2, 0.25) is 0 Å². The van der Waals surface area contributed by atoms with Crippen LogP contribution in [0, 0.1) is 16.2 Å². The van der Waals surface area contributed by atoms with Crippen molar-refractivity contribution in [1.82, 2.24) is 15.5 Å². The van der Waals surface area contributed by atoms with E-state index in [2.05, 4.69) is 51.5 Å². The minimum atomic E-state index is -1.81. The van der Waals surface area contributed by atoms with E-state index in [0.717, 1.165) is 51.2 Å². The minimum Gasteiger partial charge on any atom is -0.504 e. The Kier molecular flexibility index (Phi) is 6.23. The number of halogens is 2. The van der Waals surface area contributed by atoms with Crippen LogP contribution in [0.25, 0.3) is 0 Å². The number of hydrogen-bond acceptors (Lipinski definition) is 7. The van der Waals surface area contributed by atoms with Crippen molar-refractivity contribution >= 4 is 41.0 Å². The smallest absolute Gasteiger partial charge is 0.175 e. The van der Waals surface area contributed by atoms with Crippen LogP contribution in [0.1, 0.15) is 44.1 Å². The van der Waals surface area contributed by atoms with Gasteiger partial charge in [0.15, 0.2) is 17.2 Å². The molecule has 1 aromatic carbocycles. The minimum absolute atomic E-state index is 0.275. The molecule has 3 N–H and O–H groups in total. The molecule has 6 rings (SSSR count). The van der Waals surface area contributed by atoms with Gasteiger partial charge in [0.1, 0.15) is 5.54 Å². The van der Waals surface area contributed by atoms with Gasteiger partial charge in [0, 0.05) is 40.2 Å². The first-order chi connectivity index (χ1) is 16.5. The number of nitrogens with zero attached hydrogens (tertiary/aromatic N) is 2. The number of benzene rings is 1. The Morgan fingerprint density at radius 2 is 2.06 bits per heavy atom. The average Bonchev–Trinajstić information content (AvgIpc) is 3.54. The van der Waals surface area contributed by atoms with E-state index in [1.165, 1.54) is 21.9 Å². The number of aliphatic hydroxyl groups is 1. The molecule has 1 aromatic rings. The zero-order valence-corrected chi connectivity index (χ0v) is 23.5. The lowest BCUT2D eigenvalue weighted by molar-refractivity contribution is -0.150. The summed E-state index contributed by atoms with van der Waals surface area (Å²) in [5.41, 5.74) is -0.688. The van der Waals surface area contributed by atoms with Crippen LogP contribution in [0.3, 0.4) is 0 Å². The quantitative estimate of drug-likeness (QED) is 0.162. The number of hydrogen-bond donors (Lipinski definition) is 3. The summed E-state index contributed by atoms with van der Waals surface area (Å²) in [6.45, 7) is 4.06. The van der Waals surface area contributed by atoms with Crippen molar-refractivity contribution in [3.05, 3.63) is 52.3 Å². The largest absolute Gasteiger partial charge is 0.504 e. The number of ether oxygens (including phenoxy) is 1. The van der Waals surface area contributed by atoms with E-state index in [1.54, 1.807) is 0 Å². The Balaban J connectivity index is 1.34. The van der Waals surface area contributed by atoms with Gasteiger partial charge in [-0.15, -0.1) is 0 Å². The molecule has 184 valence electrons. The molecule has 2 saturated heterocycles. The van der Waals surface area contributed by atoms with Gasteiger partial charge >= 0.3 is 0 Å². The van der Waals surface area contributed by atoms with Crippen molar-refractivity contribution < 1.29 is 9.84 Å². The molecule has 0 radical (unpaired) electrons. The Morgan fingerprint density at radius 3 is 2.82 bits per heavy atom. The van der Waals surface area contributed by atoms with Crippen LogP contribution in [0.4, 0.5) is 0 Å². The first kappa shape index (κ1) is 23.6. The molecule has 4 fully saturated rings. The number of nitrogens with one attached hydrogen (secondary N) is 2. The van der Waals surface area contributed by atoms with Crippen LogP contribution in [0.5, 0.6) is 0 Å². The number of fused-ring (bicyclic) bond motifs is 1. The standard InChI is InChI=1S/C25H32I2N4O3/c26-27-13-20(32)21-22(27)24-11-12-31(15-19-7-8-19)16-23(24,30-33)9-4-10-25(24,34-21)29-17-28-14-18-5-2-1-3-6-18/h1-3,5-6,13,19,28-29,32H,4,7-12,14-17H2. The highest BCUT2D eigenvalue weighted by Gasteiger charge is 2.76. The summed E-state index contributed by atoms with van der Waals surface area (Å²) >= 11 is 0.722. The van der Waals surface area contributed by atoms with Crippen LogP contribution >= 0.6 is 33.5 Å². The fourth-order valence-electron chi connectivity index (χ4n) is 6.75. The van der Waals surface area contributed by atoms with E-state index in [4.69, 9.17) is 4.74 Å². The number of piperidine rings is 1. The number of allylic oxidation sites excluding steroid dienone is 2. The Hall–Kier alpha value is -0.760. The Bertz CT molecular complexity index is 1110. The molecule has 3 atom stereocenters. The van der Waals surface area contributed by atoms with Crippen LogP contribution in [0.15, 0.2) is 47.0 Å². The molecular weight excluding hydrogens is 658 g/mol. The van der Waals surface area contributed by atoms with Gasteiger partial charge in [0.05, 0.1) is 5.41 Å². The fourth-order valence-corrected chi connectivity index (χ4v) is 15.9. The molecule has 5 aliphatic rings. The van der Waals surface area contributed by atoms with Gasteiger partial charge in [-0.2, -0.15) is 4.91 Å². The second-order valence-electron chi connectivity index (χ2n) is 10.4. The summed E-state index contributed by atoms with van der Waals surface area (Å²) in [6, 6.07) is 10.4. The highest BCUT2D eigenvalue weighted by Crippen LogP contribution is 2.66. The first-order valence-electron chi connectivity index (χ1n) is 12.3. The zero-order chi connectivity index (χ0) is 23.4. The van der Waals surface area contributed by atoms with E-state index in [0.29, 0.717) is 19.0 Å². The molecule has 9 heteroatoms. The van der Waals surface area contributed by atoms with Crippen LogP contribution in [-0.2, 0) is 11.3 Å². The lowest BCUT2D eigenvalue weighted by atomic mass is 9.53. The van der Waals surface area contributed by atoms with Crippen molar-refractivity contribution in [2.24, 2.45) is 16.5 Å². The predicted octanol–water partition coefficient (Wildman–Crippen LogP) is 4.46. The molecule has 7 nitrogen and oxygen atoms in total. The molecule has 1 spiro atoms. The molecule has 0 amide bonds. The first-order valence-corrected chi connectivity index (χ1v) is 20.9. The maximum Gasteiger partial charge on any atom is 0.175 e. The van der Waals surface area contributed by atoms with Gasteiger partial charge in [-0.3, -0.25) is 5.32 Å². The Morgan fingerprint density at radius 1 is 1.24 bits per heavy atom. The summed E-state index contributed by atoms with van der Waals surface area (Å²) < 4.78 is 10.0. The SMILES string of the molecule is O=NC12CCCC3(NCNCc4ccccc4)OC4=C(O)C=I(I)=C4C13CCN(CC1CC1)C2. The highest BCUT2D eigenvalue weighted by atomic mass is 128. The van der Waals surface area contributed by atoms with E-state index >= 15 is 0 Å². The van der Waals surface area contributed by atoms with Crippen molar-refractivity contribution in [3.63, 3.8) is 0 Å². The summed E-state index contributed by atoms with van der Waals surface area (Å²) in [6.07, 6.45) is 5.97. The second-order valence-corrected chi connectivity index (χ2v) is 19.5. The number of likely N-dealkylation sites (tertiary alicyclic amines) is 1. The van der Waals surface area contributed by atoms with E-state index in [-0.39, 0.29) is 5.76 Å². The van der Waals surface area contributed by atoms with E-state index in [9.17, 15) is 10.0 Å². The summed E-state index contributed by atoms with van der Waals surface area (Å²) in [4.78, 5) is 15.4. The summed E-state index contributed by atoms with van der Waals surface area (Å²) in [7, 11) is 0. The monoisotopic (exact) mass is 690 g/mol. The molecular formula is C25H32I2N4O3. The third-order valence-corrected chi connectivity index (χ3v) is 16.3. The molecule has 2 saturated carbocycles. The summed E-state index contributed by atoms with van der Waals surface area (Å²) in [5.74, 6) is 1.71. The highest BCUT2D eigenvalue weighted by molar-refractivity contribution is 15.1. The van der Waals surface area contributed by atoms with Crippen molar-refractivity contribution in [1.29, 1.82) is 0 Å². The fraction of sp³-hybridized carbons (Fsp3) is 0.600. The molecule has 3 aliphatic heterocycles. The second kappa shape index (κ2) is 8.97. The van der Waals surface area contributed by atoms with E-state index < -0.39 is 31.6 Å². The molecule has 0 aromatic heterocycles. The van der Waals surface area contributed by atoms with Gasteiger partial charge in [-0.25, -0.2) is 0 Å². The van der Waals surface area contributed by atoms with Crippen molar-refractivity contribution in [2.45, 2.75) is 56.3 Å². The van der Waals surface area contributed by atoms with E-state index in [1.807, 2.05) is 22.2 Å². The predicted molar refractivity (Wildman–Crippen MR) is 152 cm³/mol. The molecule has 3 unspecified atom stereocenters. The lowest BCUT2D eigenvalue weighted by Gasteiger charge is -2.59. The summed E-state index contributed by atoms with van der Waals surface area (Å²) in [5, 5.41) is 22.1.